The van der Waals surface area contributed by atoms with Crippen LogP contribution in [0.25, 0.3) is 0 Å². The topological polar surface area (TPSA) is 12.5 Å². The van der Waals surface area contributed by atoms with Gasteiger partial charge in [-0.15, -0.1) is 0 Å². The molecule has 0 saturated carbocycles. The molecule has 19 heavy (non-hydrogen) atoms. The maximum Gasteiger partial charge on any atom is 0.401 e. The van der Waals surface area contributed by atoms with Gasteiger partial charge in [-0.2, -0.15) is 13.2 Å². The number of ether oxygens (including phenoxy) is 1. The lowest BCUT2D eigenvalue weighted by Gasteiger charge is -2.22. The first-order valence-corrected chi connectivity index (χ1v) is 7.16. The lowest BCUT2D eigenvalue weighted by atomic mass is 10.3. The zero-order valence-corrected chi connectivity index (χ0v) is 12.1. The van der Waals surface area contributed by atoms with Gasteiger partial charge in [0.1, 0.15) is 5.75 Å². The minimum atomic E-state index is -4.15. The average Bonchev–Trinajstić information content (AvgIpc) is 2.34. The van der Waals surface area contributed by atoms with Crippen LogP contribution in [-0.2, 0) is 0 Å². The fraction of sp³-hybridized carbons (Fsp3) is 0.538. The van der Waals surface area contributed by atoms with Crippen LogP contribution < -0.4 is 4.74 Å². The van der Waals surface area contributed by atoms with Gasteiger partial charge in [-0.1, -0.05) is 34.1 Å². The maximum absolute atomic E-state index is 12.3. The Labute approximate surface area is 119 Å². The lowest BCUT2D eigenvalue weighted by Crippen LogP contribution is -2.36. The molecule has 0 aliphatic rings. The first-order valence-electron chi connectivity index (χ1n) is 6.04. The van der Waals surface area contributed by atoms with Crippen molar-refractivity contribution in [3.8, 4) is 5.75 Å². The third-order valence-electron chi connectivity index (χ3n) is 2.43. The molecule has 0 spiro atoms. The zero-order valence-electron chi connectivity index (χ0n) is 10.5. The first-order chi connectivity index (χ1) is 9.01. The molecule has 0 aliphatic heterocycles. The molecule has 0 radical (unpaired) electrons. The van der Waals surface area contributed by atoms with Crippen LogP contribution in [0, 0.1) is 0 Å². The molecule has 0 N–H and O–H groups in total. The van der Waals surface area contributed by atoms with Crippen LogP contribution in [0.5, 0.6) is 5.75 Å². The predicted octanol–water partition coefficient (Wildman–Crippen LogP) is 3.71. The van der Waals surface area contributed by atoms with E-state index >= 15 is 0 Å². The Morgan fingerprint density at radius 1 is 1.11 bits per heavy atom. The van der Waals surface area contributed by atoms with Crippen molar-refractivity contribution in [1.82, 2.24) is 4.90 Å². The standard InChI is InChI=1S/C13H17BrF3NO/c14-7-9-18(11-13(15,16)17)8-4-10-19-12-5-2-1-3-6-12/h1-3,5-6H,4,7-11H2. The van der Waals surface area contributed by atoms with E-state index in [1.165, 1.54) is 4.90 Å². The number of hydrogen-bond acceptors (Lipinski definition) is 2. The smallest absolute Gasteiger partial charge is 0.401 e. The van der Waals surface area contributed by atoms with Gasteiger partial charge in [0.25, 0.3) is 0 Å². The second-order valence-corrected chi connectivity index (χ2v) is 4.89. The normalized spacial score (nSPS) is 11.8. The molecule has 1 rings (SSSR count). The van der Waals surface area contributed by atoms with E-state index in [9.17, 15) is 13.2 Å². The number of rotatable bonds is 8. The number of nitrogens with zero attached hydrogens (tertiary/aromatic N) is 1. The van der Waals surface area contributed by atoms with Gasteiger partial charge in [-0.25, -0.2) is 0 Å². The summed E-state index contributed by atoms with van der Waals surface area (Å²) in [5.74, 6) is 0.741. The SMILES string of the molecule is FC(F)(F)CN(CCBr)CCCOc1ccccc1. The van der Waals surface area contributed by atoms with Crippen LogP contribution >= 0.6 is 15.9 Å². The van der Waals surface area contributed by atoms with Gasteiger partial charge in [-0.3, -0.25) is 4.90 Å². The van der Waals surface area contributed by atoms with E-state index in [1.807, 2.05) is 30.3 Å². The highest BCUT2D eigenvalue weighted by Gasteiger charge is 2.30. The van der Waals surface area contributed by atoms with Crippen LogP contribution in [0.15, 0.2) is 30.3 Å². The average molecular weight is 340 g/mol. The van der Waals surface area contributed by atoms with Gasteiger partial charge in [-0.05, 0) is 18.6 Å². The fourth-order valence-electron chi connectivity index (χ4n) is 1.64. The lowest BCUT2D eigenvalue weighted by molar-refractivity contribution is -0.145. The Morgan fingerprint density at radius 2 is 1.79 bits per heavy atom. The molecule has 0 heterocycles. The van der Waals surface area contributed by atoms with Crippen molar-refractivity contribution < 1.29 is 17.9 Å². The molecule has 0 aliphatic carbocycles. The molecule has 1 aromatic carbocycles. The van der Waals surface area contributed by atoms with Crippen molar-refractivity contribution in [2.75, 3.05) is 31.6 Å². The molecule has 0 bridgehead atoms. The summed E-state index contributed by atoms with van der Waals surface area (Å²) in [6.07, 6.45) is -3.58. The van der Waals surface area contributed by atoms with Gasteiger partial charge in [0, 0.05) is 18.4 Å². The summed E-state index contributed by atoms with van der Waals surface area (Å²) < 4.78 is 42.4. The van der Waals surface area contributed by atoms with E-state index in [1.54, 1.807) is 0 Å². The molecule has 0 amide bonds. The molecular formula is C13H17BrF3NO. The van der Waals surface area contributed by atoms with Gasteiger partial charge < -0.3 is 4.74 Å². The van der Waals surface area contributed by atoms with Crippen molar-refractivity contribution >= 4 is 15.9 Å². The summed E-state index contributed by atoms with van der Waals surface area (Å²) in [5.41, 5.74) is 0. The Balaban J connectivity index is 2.24. The van der Waals surface area contributed by atoms with Gasteiger partial charge in [0.15, 0.2) is 0 Å². The number of hydrogen-bond donors (Lipinski definition) is 0. The second-order valence-electron chi connectivity index (χ2n) is 4.10. The van der Waals surface area contributed by atoms with Crippen LogP contribution in [0.2, 0.25) is 0 Å². The van der Waals surface area contributed by atoms with E-state index in [2.05, 4.69) is 15.9 Å². The summed E-state index contributed by atoms with van der Waals surface area (Å²) in [6, 6.07) is 9.25. The highest BCUT2D eigenvalue weighted by atomic mass is 79.9. The van der Waals surface area contributed by atoms with Crippen LogP contribution in [0.1, 0.15) is 6.42 Å². The summed E-state index contributed by atoms with van der Waals surface area (Å²) >= 11 is 3.16. The van der Waals surface area contributed by atoms with Crippen molar-refractivity contribution in [2.45, 2.75) is 12.6 Å². The van der Waals surface area contributed by atoms with Gasteiger partial charge in [0.05, 0.1) is 13.2 Å². The predicted molar refractivity (Wildman–Crippen MR) is 72.8 cm³/mol. The second kappa shape index (κ2) is 8.43. The molecule has 0 saturated heterocycles. The maximum atomic E-state index is 12.3. The Kier molecular flexibility index (Phi) is 7.23. The van der Waals surface area contributed by atoms with Crippen molar-refractivity contribution in [3.63, 3.8) is 0 Å². The van der Waals surface area contributed by atoms with E-state index in [0.29, 0.717) is 31.4 Å². The Bertz CT molecular complexity index is 345. The minimum Gasteiger partial charge on any atom is -0.494 e. The van der Waals surface area contributed by atoms with Crippen LogP contribution in [-0.4, -0.2) is 42.6 Å². The minimum absolute atomic E-state index is 0.373. The van der Waals surface area contributed by atoms with E-state index < -0.39 is 12.7 Å². The Morgan fingerprint density at radius 3 is 2.37 bits per heavy atom. The summed E-state index contributed by atoms with van der Waals surface area (Å²) in [7, 11) is 0. The van der Waals surface area contributed by atoms with Crippen molar-refractivity contribution in [1.29, 1.82) is 0 Å². The molecule has 0 unspecified atom stereocenters. The third-order valence-corrected chi connectivity index (χ3v) is 2.79. The molecule has 1 aromatic rings. The molecule has 108 valence electrons. The fourth-order valence-corrected chi connectivity index (χ4v) is 2.14. The van der Waals surface area contributed by atoms with Gasteiger partial charge >= 0.3 is 6.18 Å². The molecule has 6 heteroatoms. The molecule has 2 nitrogen and oxygen atoms in total. The molecule has 0 fully saturated rings. The number of benzene rings is 1. The Hall–Kier alpha value is -0.750. The molecular weight excluding hydrogens is 323 g/mol. The number of halogens is 4. The summed E-state index contributed by atoms with van der Waals surface area (Å²) in [4.78, 5) is 1.38. The quantitative estimate of drug-likeness (QED) is 0.528. The van der Waals surface area contributed by atoms with E-state index in [-0.39, 0.29) is 0 Å². The number of alkyl halides is 4. The molecule has 0 atom stereocenters. The largest absolute Gasteiger partial charge is 0.494 e. The highest BCUT2D eigenvalue weighted by molar-refractivity contribution is 9.09. The third kappa shape index (κ3) is 8.10. The van der Waals surface area contributed by atoms with Crippen LogP contribution in [0.3, 0.4) is 0 Å². The van der Waals surface area contributed by atoms with E-state index in [4.69, 9.17) is 4.74 Å². The van der Waals surface area contributed by atoms with E-state index in [0.717, 1.165) is 5.75 Å². The van der Waals surface area contributed by atoms with Gasteiger partial charge in [0.2, 0.25) is 0 Å². The van der Waals surface area contributed by atoms with Crippen molar-refractivity contribution in [2.24, 2.45) is 0 Å². The first kappa shape index (κ1) is 16.3. The van der Waals surface area contributed by atoms with Crippen molar-refractivity contribution in [3.05, 3.63) is 30.3 Å². The van der Waals surface area contributed by atoms with Crippen LogP contribution in [0.4, 0.5) is 13.2 Å². The zero-order chi connectivity index (χ0) is 14.1. The molecule has 0 aromatic heterocycles. The summed E-state index contributed by atoms with van der Waals surface area (Å²) in [5, 5.41) is 0.530. The highest BCUT2D eigenvalue weighted by Crippen LogP contribution is 2.16. The number of para-hydroxylation sites is 1. The monoisotopic (exact) mass is 339 g/mol. The summed E-state index contributed by atoms with van der Waals surface area (Å²) in [6.45, 7) is 0.299.